The minimum Gasteiger partial charge on any atom is -0.310 e. The number of nitrogens with one attached hydrogen (secondary N) is 1. The van der Waals surface area contributed by atoms with Crippen LogP contribution in [0.15, 0.2) is 11.4 Å². The van der Waals surface area contributed by atoms with Crippen molar-refractivity contribution in [3.63, 3.8) is 0 Å². The molecule has 3 nitrogen and oxygen atoms in total. The van der Waals surface area contributed by atoms with E-state index in [1.54, 1.807) is 11.3 Å². The maximum absolute atomic E-state index is 6.54. The summed E-state index contributed by atoms with van der Waals surface area (Å²) in [6.07, 6.45) is 1.75. The first kappa shape index (κ1) is 17.2. The van der Waals surface area contributed by atoms with E-state index < -0.39 is 0 Å². The van der Waals surface area contributed by atoms with Crippen LogP contribution in [0.4, 0.5) is 0 Å². The molecule has 2 aromatic rings. The summed E-state index contributed by atoms with van der Waals surface area (Å²) in [4.78, 5) is 0. The topological polar surface area (TPSA) is 29.9 Å². The van der Waals surface area contributed by atoms with Crippen molar-refractivity contribution in [2.24, 2.45) is 0 Å². The van der Waals surface area contributed by atoms with Crippen molar-refractivity contribution in [3.8, 4) is 0 Å². The first-order valence-electron chi connectivity index (χ1n) is 7.31. The van der Waals surface area contributed by atoms with E-state index in [4.69, 9.17) is 11.6 Å². The number of nitrogens with zero attached hydrogens (tertiary/aromatic N) is 2. The fourth-order valence-electron chi connectivity index (χ4n) is 2.47. The molecule has 0 aliphatic rings. The molecular weight excluding hydrogens is 417 g/mol. The molecular formula is C15H21ClIN3S. The number of rotatable bonds is 7. The van der Waals surface area contributed by atoms with Crippen LogP contribution in [0.1, 0.15) is 43.8 Å². The summed E-state index contributed by atoms with van der Waals surface area (Å²) in [6.45, 7) is 8.15. The van der Waals surface area contributed by atoms with Gasteiger partial charge in [-0.3, -0.25) is 4.68 Å². The normalized spacial score (nSPS) is 12.8. The molecule has 0 saturated heterocycles. The number of thiophene rings is 1. The van der Waals surface area contributed by atoms with Gasteiger partial charge in [0.1, 0.15) is 0 Å². The molecule has 116 valence electrons. The molecule has 0 aliphatic carbocycles. The van der Waals surface area contributed by atoms with E-state index >= 15 is 0 Å². The number of likely N-dealkylation sites (N-methyl/N-ethyl adjacent to an activating group) is 1. The molecule has 1 atom stereocenters. The number of aromatic nitrogens is 2. The van der Waals surface area contributed by atoms with Crippen molar-refractivity contribution >= 4 is 45.5 Å². The summed E-state index contributed by atoms with van der Waals surface area (Å²) >= 11 is 10.7. The molecule has 0 fully saturated rings. The molecule has 6 heteroatoms. The zero-order valence-corrected chi connectivity index (χ0v) is 16.3. The summed E-state index contributed by atoms with van der Waals surface area (Å²) in [5.41, 5.74) is 3.48. The summed E-state index contributed by atoms with van der Waals surface area (Å²) in [6, 6.07) is 2.54. The van der Waals surface area contributed by atoms with E-state index in [0.717, 1.165) is 42.3 Å². The van der Waals surface area contributed by atoms with Crippen LogP contribution in [-0.4, -0.2) is 16.3 Å². The number of hydrogen-bond donors (Lipinski definition) is 1. The highest BCUT2D eigenvalue weighted by molar-refractivity contribution is 14.1. The summed E-state index contributed by atoms with van der Waals surface area (Å²) in [7, 11) is 0. The van der Waals surface area contributed by atoms with Crippen LogP contribution in [0.3, 0.4) is 0 Å². The van der Waals surface area contributed by atoms with Gasteiger partial charge in [0.2, 0.25) is 0 Å². The minimum atomic E-state index is 0.291. The molecule has 0 bridgehead atoms. The third-order valence-corrected chi connectivity index (χ3v) is 5.78. The van der Waals surface area contributed by atoms with Crippen molar-refractivity contribution in [1.29, 1.82) is 0 Å². The first-order valence-corrected chi connectivity index (χ1v) is 9.65. The molecule has 0 amide bonds. The van der Waals surface area contributed by atoms with Gasteiger partial charge in [-0.1, -0.05) is 25.4 Å². The van der Waals surface area contributed by atoms with E-state index in [1.165, 1.54) is 8.45 Å². The van der Waals surface area contributed by atoms with Crippen molar-refractivity contribution in [2.45, 2.75) is 46.2 Å². The molecule has 0 saturated carbocycles. The largest absolute Gasteiger partial charge is 0.310 e. The molecule has 2 heterocycles. The second-order valence-corrected chi connectivity index (χ2v) is 8.06. The number of hydrogen-bond acceptors (Lipinski definition) is 3. The van der Waals surface area contributed by atoms with Crippen LogP contribution < -0.4 is 5.32 Å². The predicted molar refractivity (Wildman–Crippen MR) is 99.4 cm³/mol. The fourth-order valence-corrected chi connectivity index (χ4v) is 4.24. The van der Waals surface area contributed by atoms with Gasteiger partial charge in [0, 0.05) is 19.0 Å². The Kier molecular flexibility index (Phi) is 6.52. The van der Waals surface area contributed by atoms with Gasteiger partial charge >= 0.3 is 0 Å². The summed E-state index contributed by atoms with van der Waals surface area (Å²) in [5.74, 6) is 0. The lowest BCUT2D eigenvalue weighted by molar-refractivity contribution is 0.517. The summed E-state index contributed by atoms with van der Waals surface area (Å²) in [5, 5.41) is 11.3. The Morgan fingerprint density at radius 3 is 2.71 bits per heavy atom. The van der Waals surface area contributed by atoms with Gasteiger partial charge in [-0.25, -0.2) is 0 Å². The second kappa shape index (κ2) is 7.94. The molecule has 2 rings (SSSR count). The highest BCUT2D eigenvalue weighted by Crippen LogP contribution is 2.29. The SMILES string of the molecule is CCNC(Cc1c(Cl)c(CC)nn1CC)c1csc(I)c1. The molecule has 0 aromatic carbocycles. The van der Waals surface area contributed by atoms with E-state index in [-0.39, 0.29) is 0 Å². The van der Waals surface area contributed by atoms with Crippen molar-refractivity contribution in [3.05, 3.63) is 36.3 Å². The second-order valence-electron chi connectivity index (χ2n) is 4.88. The van der Waals surface area contributed by atoms with Crippen LogP contribution in [0.2, 0.25) is 5.02 Å². The van der Waals surface area contributed by atoms with Crippen LogP contribution in [0, 0.1) is 2.88 Å². The molecule has 0 radical (unpaired) electrons. The van der Waals surface area contributed by atoms with E-state index in [1.807, 2.05) is 4.68 Å². The zero-order chi connectivity index (χ0) is 15.4. The number of halogens is 2. The lowest BCUT2D eigenvalue weighted by Gasteiger charge is -2.17. The monoisotopic (exact) mass is 437 g/mol. The van der Waals surface area contributed by atoms with Gasteiger partial charge in [-0.2, -0.15) is 5.10 Å². The van der Waals surface area contributed by atoms with Crippen molar-refractivity contribution in [2.75, 3.05) is 6.54 Å². The maximum atomic E-state index is 6.54. The van der Waals surface area contributed by atoms with Crippen molar-refractivity contribution < 1.29 is 0 Å². The van der Waals surface area contributed by atoms with E-state index in [2.05, 4.69) is 65.2 Å². The molecule has 21 heavy (non-hydrogen) atoms. The average Bonchev–Trinajstić information content (AvgIpc) is 3.03. The maximum Gasteiger partial charge on any atom is 0.0850 e. The van der Waals surface area contributed by atoms with Gasteiger partial charge in [-0.15, -0.1) is 11.3 Å². The Morgan fingerprint density at radius 1 is 1.43 bits per heavy atom. The van der Waals surface area contributed by atoms with Gasteiger partial charge in [0.05, 0.1) is 19.3 Å². The first-order chi connectivity index (χ1) is 10.1. The molecule has 1 N–H and O–H groups in total. The smallest absolute Gasteiger partial charge is 0.0850 e. The van der Waals surface area contributed by atoms with Crippen molar-refractivity contribution in [1.82, 2.24) is 15.1 Å². The van der Waals surface area contributed by atoms with Crippen LogP contribution in [-0.2, 0) is 19.4 Å². The van der Waals surface area contributed by atoms with Crippen LogP contribution in [0.25, 0.3) is 0 Å². The Morgan fingerprint density at radius 2 is 2.19 bits per heavy atom. The van der Waals surface area contributed by atoms with Gasteiger partial charge in [0.25, 0.3) is 0 Å². The fraction of sp³-hybridized carbons (Fsp3) is 0.533. The minimum absolute atomic E-state index is 0.291. The highest BCUT2D eigenvalue weighted by atomic mass is 127. The van der Waals surface area contributed by atoms with E-state index in [0.29, 0.717) is 6.04 Å². The lowest BCUT2D eigenvalue weighted by atomic mass is 10.0. The summed E-state index contributed by atoms with van der Waals surface area (Å²) < 4.78 is 3.36. The predicted octanol–water partition coefficient (Wildman–Crippen LogP) is 4.68. The van der Waals surface area contributed by atoms with Crippen LogP contribution in [0.5, 0.6) is 0 Å². The Balaban J connectivity index is 2.30. The van der Waals surface area contributed by atoms with Gasteiger partial charge in [0.15, 0.2) is 0 Å². The van der Waals surface area contributed by atoms with Gasteiger partial charge < -0.3 is 5.32 Å². The van der Waals surface area contributed by atoms with Crippen LogP contribution >= 0.6 is 45.5 Å². The number of aryl methyl sites for hydroxylation is 2. The molecule has 0 spiro atoms. The Hall–Kier alpha value is -0.110. The molecule has 2 aromatic heterocycles. The Bertz CT molecular complexity index is 594. The lowest BCUT2D eigenvalue weighted by Crippen LogP contribution is -2.23. The molecule has 1 unspecified atom stereocenters. The standard InChI is InChI=1S/C15H21ClIN3S/c1-4-11-15(16)13(20(6-3)19-11)8-12(18-5-2)10-7-14(17)21-9-10/h7,9,12,18H,4-6,8H2,1-3H3. The third kappa shape index (κ3) is 4.00. The quantitative estimate of drug-likeness (QED) is 0.638. The van der Waals surface area contributed by atoms with Gasteiger partial charge in [-0.05, 0) is 59.5 Å². The average molecular weight is 438 g/mol. The third-order valence-electron chi connectivity index (χ3n) is 3.53. The Labute approximate surface area is 149 Å². The van der Waals surface area contributed by atoms with E-state index in [9.17, 15) is 0 Å². The highest BCUT2D eigenvalue weighted by Gasteiger charge is 2.20. The zero-order valence-electron chi connectivity index (χ0n) is 12.6. The molecule has 0 aliphatic heterocycles.